The highest BCUT2D eigenvalue weighted by molar-refractivity contribution is 5.80. The maximum Gasteiger partial charge on any atom is 0.416 e. The summed E-state index contributed by atoms with van der Waals surface area (Å²) in [6.07, 6.45) is -2.45. The molecule has 1 aromatic rings. The molecule has 6 heteroatoms. The van der Waals surface area contributed by atoms with E-state index in [4.69, 9.17) is 0 Å². The Balaban J connectivity index is 1.75. The molecule has 3 nitrogen and oxygen atoms in total. The minimum atomic E-state index is -4.33. The quantitative estimate of drug-likeness (QED) is 0.788. The molecule has 2 N–H and O–H groups in total. The molecule has 0 aliphatic heterocycles. The predicted octanol–water partition coefficient (Wildman–Crippen LogP) is 2.32. The van der Waals surface area contributed by atoms with Crippen LogP contribution in [0.3, 0.4) is 0 Å². The average Bonchev–Trinajstić information content (AvgIpc) is 3.21. The summed E-state index contributed by atoms with van der Waals surface area (Å²) in [5, 5.41) is 5.67. The molecule has 0 unspecified atom stereocenters. The lowest BCUT2D eigenvalue weighted by Crippen LogP contribution is -2.32. The molecule has 0 aromatic heterocycles. The monoisotopic (exact) mass is 286 g/mol. The average molecular weight is 286 g/mol. The number of benzene rings is 1. The molecule has 1 fully saturated rings. The van der Waals surface area contributed by atoms with E-state index in [1.807, 2.05) is 0 Å². The van der Waals surface area contributed by atoms with Gasteiger partial charge in [0, 0.05) is 25.6 Å². The smallest absolute Gasteiger partial charge is 0.355 e. The lowest BCUT2D eigenvalue weighted by atomic mass is 10.1. The molecule has 0 radical (unpaired) electrons. The first-order valence-electron chi connectivity index (χ1n) is 6.62. The Bertz CT molecular complexity index is 470. The summed E-state index contributed by atoms with van der Waals surface area (Å²) in [6.45, 7) is 1.02. The highest BCUT2D eigenvalue weighted by atomic mass is 19.4. The maximum atomic E-state index is 12.7. The van der Waals surface area contributed by atoms with Crippen molar-refractivity contribution in [1.29, 1.82) is 0 Å². The molecule has 0 heterocycles. The Kier molecular flexibility index (Phi) is 4.65. The number of carbonyl (C=O) groups is 1. The number of rotatable bonds is 6. The zero-order valence-corrected chi connectivity index (χ0v) is 11.0. The first kappa shape index (κ1) is 14.8. The summed E-state index contributed by atoms with van der Waals surface area (Å²) >= 11 is 0. The predicted molar refractivity (Wildman–Crippen MR) is 68.9 cm³/mol. The lowest BCUT2D eigenvalue weighted by Gasteiger charge is -2.13. The molecule has 0 bridgehead atoms. The van der Waals surface area contributed by atoms with Gasteiger partial charge in [-0.2, -0.15) is 13.2 Å². The fourth-order valence-corrected chi connectivity index (χ4v) is 1.94. The van der Waals surface area contributed by atoms with Crippen molar-refractivity contribution in [3.63, 3.8) is 0 Å². The maximum absolute atomic E-state index is 12.7. The minimum Gasteiger partial charge on any atom is -0.355 e. The van der Waals surface area contributed by atoms with Crippen LogP contribution < -0.4 is 10.6 Å². The fourth-order valence-electron chi connectivity index (χ4n) is 1.94. The second kappa shape index (κ2) is 6.26. The van der Waals surface area contributed by atoms with E-state index in [9.17, 15) is 18.0 Å². The molecule has 0 saturated heterocycles. The Morgan fingerprint density at radius 3 is 2.55 bits per heavy atom. The number of hydrogen-bond acceptors (Lipinski definition) is 2. The van der Waals surface area contributed by atoms with Crippen molar-refractivity contribution in [2.75, 3.05) is 13.1 Å². The topological polar surface area (TPSA) is 41.1 Å². The lowest BCUT2D eigenvalue weighted by molar-refractivity contribution is -0.138. The van der Waals surface area contributed by atoms with Crippen LogP contribution in [-0.4, -0.2) is 19.0 Å². The zero-order chi connectivity index (χ0) is 14.6. The van der Waals surface area contributed by atoms with E-state index in [-0.39, 0.29) is 23.9 Å². The fraction of sp³-hybridized carbons (Fsp3) is 0.500. The number of nitrogens with one attached hydrogen (secondary N) is 2. The second-order valence-corrected chi connectivity index (χ2v) is 4.90. The molecule has 110 valence electrons. The first-order valence-corrected chi connectivity index (χ1v) is 6.62. The number of carbonyl (C=O) groups excluding carboxylic acids is 1. The van der Waals surface area contributed by atoms with Crippen LogP contribution >= 0.6 is 0 Å². The van der Waals surface area contributed by atoms with Gasteiger partial charge in [0.1, 0.15) is 0 Å². The van der Waals surface area contributed by atoms with Crippen molar-refractivity contribution in [2.45, 2.75) is 25.6 Å². The first-order chi connectivity index (χ1) is 9.48. The standard InChI is InChI=1S/C14H17F3N2O/c15-14(16,17)12-4-2-1-3-11(12)9-18-7-8-19-13(20)10-5-6-10/h1-4,10,18H,5-9H2,(H,19,20). The van der Waals surface area contributed by atoms with Gasteiger partial charge in [0.25, 0.3) is 0 Å². The van der Waals surface area contributed by atoms with Gasteiger partial charge in [0.05, 0.1) is 5.56 Å². The second-order valence-electron chi connectivity index (χ2n) is 4.90. The number of alkyl halides is 3. The Morgan fingerprint density at radius 2 is 1.90 bits per heavy atom. The molecule has 1 aliphatic carbocycles. The van der Waals surface area contributed by atoms with E-state index in [1.54, 1.807) is 6.07 Å². The third kappa shape index (κ3) is 4.23. The van der Waals surface area contributed by atoms with Gasteiger partial charge in [-0.05, 0) is 24.5 Å². The summed E-state index contributed by atoms with van der Waals surface area (Å²) in [7, 11) is 0. The third-order valence-corrected chi connectivity index (χ3v) is 3.19. The number of halogens is 3. The Hall–Kier alpha value is -1.56. The minimum absolute atomic E-state index is 0.0440. The van der Waals surface area contributed by atoms with Crippen molar-refractivity contribution in [1.82, 2.24) is 10.6 Å². The van der Waals surface area contributed by atoms with Gasteiger partial charge in [-0.15, -0.1) is 0 Å². The van der Waals surface area contributed by atoms with Gasteiger partial charge >= 0.3 is 6.18 Å². The van der Waals surface area contributed by atoms with E-state index < -0.39 is 11.7 Å². The SMILES string of the molecule is O=C(NCCNCc1ccccc1C(F)(F)F)C1CC1. The normalized spacial score (nSPS) is 15.2. The van der Waals surface area contributed by atoms with Crippen LogP contribution in [0.5, 0.6) is 0 Å². The molecule has 1 aromatic carbocycles. The van der Waals surface area contributed by atoms with Crippen LogP contribution in [0.2, 0.25) is 0 Å². The van der Waals surface area contributed by atoms with Crippen molar-refractivity contribution in [3.05, 3.63) is 35.4 Å². The van der Waals surface area contributed by atoms with E-state index in [2.05, 4.69) is 10.6 Å². The van der Waals surface area contributed by atoms with Crippen LogP contribution in [0.15, 0.2) is 24.3 Å². The molecule has 2 rings (SSSR count). The molecule has 0 spiro atoms. The van der Waals surface area contributed by atoms with Gasteiger partial charge in [-0.3, -0.25) is 4.79 Å². The Labute approximate surface area is 115 Å². The van der Waals surface area contributed by atoms with Crippen LogP contribution in [0.25, 0.3) is 0 Å². The molecular weight excluding hydrogens is 269 g/mol. The summed E-state index contributed by atoms with van der Waals surface area (Å²) < 4.78 is 38.2. The highest BCUT2D eigenvalue weighted by Gasteiger charge is 2.32. The van der Waals surface area contributed by atoms with Crippen molar-refractivity contribution < 1.29 is 18.0 Å². The van der Waals surface area contributed by atoms with Crippen LogP contribution in [0.1, 0.15) is 24.0 Å². The molecular formula is C14H17F3N2O. The van der Waals surface area contributed by atoms with E-state index >= 15 is 0 Å². The van der Waals surface area contributed by atoms with Crippen molar-refractivity contribution >= 4 is 5.91 Å². The Morgan fingerprint density at radius 1 is 1.20 bits per heavy atom. The molecule has 1 aliphatic rings. The van der Waals surface area contributed by atoms with Gasteiger partial charge in [-0.1, -0.05) is 18.2 Å². The highest BCUT2D eigenvalue weighted by Crippen LogP contribution is 2.31. The van der Waals surface area contributed by atoms with E-state index in [0.29, 0.717) is 13.1 Å². The zero-order valence-electron chi connectivity index (χ0n) is 11.0. The largest absolute Gasteiger partial charge is 0.416 e. The van der Waals surface area contributed by atoms with Crippen LogP contribution in [0.4, 0.5) is 13.2 Å². The van der Waals surface area contributed by atoms with Gasteiger partial charge in [-0.25, -0.2) is 0 Å². The molecule has 20 heavy (non-hydrogen) atoms. The molecule has 1 amide bonds. The van der Waals surface area contributed by atoms with E-state index in [0.717, 1.165) is 18.9 Å². The summed E-state index contributed by atoms with van der Waals surface area (Å²) in [5.74, 6) is 0.198. The van der Waals surface area contributed by atoms with Crippen LogP contribution in [0, 0.1) is 5.92 Å². The molecule has 0 atom stereocenters. The van der Waals surface area contributed by atoms with Crippen LogP contribution in [-0.2, 0) is 17.5 Å². The number of amides is 1. The van der Waals surface area contributed by atoms with Gasteiger partial charge in [0.15, 0.2) is 0 Å². The summed E-state index contributed by atoms with van der Waals surface area (Å²) in [4.78, 5) is 11.3. The molecule has 1 saturated carbocycles. The van der Waals surface area contributed by atoms with Gasteiger partial charge in [0.2, 0.25) is 5.91 Å². The number of hydrogen-bond donors (Lipinski definition) is 2. The summed E-state index contributed by atoms with van der Waals surface area (Å²) in [6, 6.07) is 5.49. The summed E-state index contributed by atoms with van der Waals surface area (Å²) in [5.41, 5.74) is -0.400. The van der Waals surface area contributed by atoms with Crippen molar-refractivity contribution in [3.8, 4) is 0 Å². The third-order valence-electron chi connectivity index (χ3n) is 3.19. The van der Waals surface area contributed by atoms with E-state index in [1.165, 1.54) is 12.1 Å². The van der Waals surface area contributed by atoms with Crippen molar-refractivity contribution in [2.24, 2.45) is 5.92 Å². The van der Waals surface area contributed by atoms with Gasteiger partial charge < -0.3 is 10.6 Å².